The number of carbonyl (C=O) groups excluding carboxylic acids is 3. The largest absolute Gasteiger partial charge is 0.355 e. The first kappa shape index (κ1) is 18.3. The lowest BCUT2D eigenvalue weighted by Gasteiger charge is -2.40. The van der Waals surface area contributed by atoms with Crippen molar-refractivity contribution in [2.75, 3.05) is 0 Å². The summed E-state index contributed by atoms with van der Waals surface area (Å²) in [6.07, 6.45) is 2.31. The van der Waals surface area contributed by atoms with Crippen LogP contribution in [0.5, 0.6) is 0 Å². The molecule has 1 unspecified atom stereocenters. The van der Waals surface area contributed by atoms with Crippen LogP contribution in [-0.4, -0.2) is 27.5 Å². The van der Waals surface area contributed by atoms with Crippen molar-refractivity contribution < 1.29 is 14.4 Å². The molecule has 7 heteroatoms. The van der Waals surface area contributed by atoms with Crippen LogP contribution in [0.3, 0.4) is 0 Å². The van der Waals surface area contributed by atoms with Gasteiger partial charge in [-0.05, 0) is 29.5 Å². The average Bonchev–Trinajstić information content (AvgIpc) is 3.20. The molecule has 0 spiro atoms. The van der Waals surface area contributed by atoms with Crippen LogP contribution in [0.15, 0.2) is 53.0 Å². The number of aromatic nitrogens is 2. The number of hydrogen-bond acceptors (Lipinski definition) is 6. The Morgan fingerprint density at radius 1 is 1.07 bits per heavy atom. The second-order valence-electron chi connectivity index (χ2n) is 8.73. The molecule has 2 aromatic rings. The Kier molecular flexibility index (Phi) is 3.71. The number of nitriles is 1. The summed E-state index contributed by atoms with van der Waals surface area (Å²) >= 11 is 0. The van der Waals surface area contributed by atoms with Crippen LogP contribution in [0.1, 0.15) is 64.6 Å². The van der Waals surface area contributed by atoms with Gasteiger partial charge < -0.3 is 5.32 Å². The predicted octanol–water partition coefficient (Wildman–Crippen LogP) is 2.94. The van der Waals surface area contributed by atoms with Gasteiger partial charge in [-0.15, -0.1) is 0 Å². The van der Waals surface area contributed by atoms with Crippen molar-refractivity contribution in [1.29, 1.82) is 5.26 Å². The first-order valence-electron chi connectivity index (χ1n) is 9.71. The van der Waals surface area contributed by atoms with Gasteiger partial charge >= 0.3 is 0 Å². The van der Waals surface area contributed by atoms with Gasteiger partial charge in [0.1, 0.15) is 5.69 Å². The topological polar surface area (TPSA) is 116 Å². The molecule has 3 aliphatic rings. The summed E-state index contributed by atoms with van der Waals surface area (Å²) in [5.41, 5.74) is 3.01. The van der Waals surface area contributed by atoms with Crippen LogP contribution in [0, 0.1) is 16.7 Å². The van der Waals surface area contributed by atoms with Gasteiger partial charge in [0.05, 0.1) is 29.1 Å². The number of nitrogens with one attached hydrogen (secondary N) is 2. The molecule has 0 bridgehead atoms. The molecule has 2 heterocycles. The number of fused-ring (bicyclic) bond motifs is 1. The van der Waals surface area contributed by atoms with Crippen molar-refractivity contribution in [1.82, 2.24) is 15.5 Å². The van der Waals surface area contributed by atoms with Gasteiger partial charge in [0, 0.05) is 29.2 Å². The van der Waals surface area contributed by atoms with Crippen molar-refractivity contribution in [3.63, 3.8) is 0 Å². The Labute approximate surface area is 172 Å². The molecule has 5 rings (SSSR count). The fourth-order valence-electron chi connectivity index (χ4n) is 4.70. The molecular formula is C23H18N4O3. The minimum absolute atomic E-state index is 0.0344. The summed E-state index contributed by atoms with van der Waals surface area (Å²) in [7, 11) is 0. The van der Waals surface area contributed by atoms with Crippen LogP contribution >= 0.6 is 0 Å². The van der Waals surface area contributed by atoms with E-state index in [2.05, 4.69) is 21.6 Å². The number of Topliss-reactive ketones (excluding diaryl/α,β-unsaturated/α-hetero) is 3. The lowest BCUT2D eigenvalue weighted by Crippen LogP contribution is -2.42. The molecule has 30 heavy (non-hydrogen) atoms. The Morgan fingerprint density at radius 3 is 2.50 bits per heavy atom. The molecule has 0 radical (unpaired) electrons. The van der Waals surface area contributed by atoms with E-state index in [4.69, 9.17) is 5.26 Å². The third-order valence-corrected chi connectivity index (χ3v) is 6.00. The predicted molar refractivity (Wildman–Crippen MR) is 106 cm³/mol. The first-order chi connectivity index (χ1) is 14.3. The van der Waals surface area contributed by atoms with E-state index in [0.29, 0.717) is 35.2 Å². The van der Waals surface area contributed by atoms with Gasteiger partial charge in [0.15, 0.2) is 11.6 Å². The molecule has 2 N–H and O–H groups in total. The number of hydrogen-bond donors (Lipinski definition) is 2. The first-order valence-corrected chi connectivity index (χ1v) is 9.71. The van der Waals surface area contributed by atoms with E-state index >= 15 is 0 Å². The van der Waals surface area contributed by atoms with Gasteiger partial charge in [0.2, 0.25) is 5.78 Å². The molecule has 148 valence electrons. The van der Waals surface area contributed by atoms with Crippen molar-refractivity contribution in [2.24, 2.45) is 5.41 Å². The Bertz CT molecular complexity index is 1250. The maximum Gasteiger partial charge on any atom is 0.228 e. The smallest absolute Gasteiger partial charge is 0.228 e. The van der Waals surface area contributed by atoms with E-state index in [1.807, 2.05) is 13.8 Å². The lowest BCUT2D eigenvalue weighted by atomic mass is 9.66. The van der Waals surface area contributed by atoms with Crippen molar-refractivity contribution >= 4 is 17.3 Å². The quantitative estimate of drug-likeness (QED) is 0.763. The Balaban J connectivity index is 1.75. The normalized spacial score (nSPS) is 22.2. The molecular weight excluding hydrogens is 380 g/mol. The van der Waals surface area contributed by atoms with Crippen molar-refractivity contribution in [3.05, 3.63) is 75.4 Å². The van der Waals surface area contributed by atoms with Crippen molar-refractivity contribution in [2.45, 2.75) is 32.6 Å². The number of ketones is 3. The van der Waals surface area contributed by atoms with Crippen LogP contribution in [0.25, 0.3) is 0 Å². The zero-order valence-electron chi connectivity index (χ0n) is 16.5. The summed E-state index contributed by atoms with van der Waals surface area (Å²) in [6, 6.07) is 8.90. The molecule has 1 aromatic carbocycles. The molecule has 0 saturated heterocycles. The number of benzene rings is 1. The Hall–Kier alpha value is -3.79. The highest BCUT2D eigenvalue weighted by atomic mass is 16.1. The van der Waals surface area contributed by atoms with E-state index < -0.39 is 5.92 Å². The second-order valence-corrected chi connectivity index (χ2v) is 8.73. The molecule has 2 aliphatic carbocycles. The molecule has 1 aromatic heterocycles. The van der Waals surface area contributed by atoms with E-state index in [1.54, 1.807) is 24.3 Å². The van der Waals surface area contributed by atoms with Gasteiger partial charge in [-0.25, -0.2) is 0 Å². The third-order valence-electron chi connectivity index (χ3n) is 6.00. The molecule has 0 saturated carbocycles. The highest BCUT2D eigenvalue weighted by Crippen LogP contribution is 2.48. The zero-order chi connectivity index (χ0) is 21.2. The van der Waals surface area contributed by atoms with Gasteiger partial charge in [-0.3, -0.25) is 19.5 Å². The number of carbonyl (C=O) groups is 3. The monoisotopic (exact) mass is 398 g/mol. The van der Waals surface area contributed by atoms with Crippen LogP contribution in [0.4, 0.5) is 0 Å². The number of aromatic amines is 1. The van der Waals surface area contributed by atoms with E-state index in [-0.39, 0.29) is 45.3 Å². The standard InChI is InChI=1S/C23H18N4O3/c1-23(2)7-14-17(15(28)8-23)16(12-5-3-11(9-24)4-6-12)18-20(26-14)22(30)19-13(21(18)29)10-25-27-19/h3-6,10,16,26H,7-8H2,1-2H3,(H,25,27). The molecule has 1 aliphatic heterocycles. The Morgan fingerprint density at radius 2 is 1.80 bits per heavy atom. The fourth-order valence-corrected chi connectivity index (χ4v) is 4.70. The number of nitrogens with zero attached hydrogens (tertiary/aromatic N) is 2. The molecule has 0 amide bonds. The molecule has 1 atom stereocenters. The van der Waals surface area contributed by atoms with E-state index in [9.17, 15) is 14.4 Å². The maximum absolute atomic E-state index is 13.4. The number of rotatable bonds is 1. The van der Waals surface area contributed by atoms with Crippen LogP contribution in [0.2, 0.25) is 0 Å². The fraction of sp³-hybridized carbons (Fsp3) is 0.261. The van der Waals surface area contributed by atoms with Crippen molar-refractivity contribution in [3.8, 4) is 6.07 Å². The highest BCUT2D eigenvalue weighted by molar-refractivity contribution is 6.27. The molecule has 0 fully saturated rings. The maximum atomic E-state index is 13.4. The van der Waals surface area contributed by atoms with Gasteiger partial charge in [0.25, 0.3) is 0 Å². The summed E-state index contributed by atoms with van der Waals surface area (Å²) in [5.74, 6) is -1.35. The van der Waals surface area contributed by atoms with Crippen LogP contribution in [-0.2, 0) is 4.79 Å². The number of dihydropyridines is 1. The van der Waals surface area contributed by atoms with E-state index in [1.165, 1.54) is 6.20 Å². The van der Waals surface area contributed by atoms with Crippen LogP contribution < -0.4 is 5.32 Å². The summed E-state index contributed by atoms with van der Waals surface area (Å²) in [5, 5.41) is 18.8. The van der Waals surface area contributed by atoms with Gasteiger partial charge in [-0.2, -0.15) is 10.4 Å². The SMILES string of the molecule is CC1(C)CC(=O)C2=C(C1)NC1=C(C(=O)c3cn[nH]c3C1=O)C2c1ccc(C#N)cc1. The molecule has 7 nitrogen and oxygen atoms in total. The minimum Gasteiger partial charge on any atom is -0.355 e. The summed E-state index contributed by atoms with van der Waals surface area (Å²) in [6.45, 7) is 4.02. The summed E-state index contributed by atoms with van der Waals surface area (Å²) < 4.78 is 0. The second kappa shape index (κ2) is 6.10. The number of H-pyrrole nitrogens is 1. The minimum atomic E-state index is -0.660. The van der Waals surface area contributed by atoms with Gasteiger partial charge in [-0.1, -0.05) is 26.0 Å². The summed E-state index contributed by atoms with van der Waals surface area (Å²) in [4.78, 5) is 39.8. The zero-order valence-corrected chi connectivity index (χ0v) is 16.5. The highest BCUT2D eigenvalue weighted by Gasteiger charge is 2.47. The van der Waals surface area contributed by atoms with E-state index in [0.717, 1.165) is 0 Å². The third kappa shape index (κ3) is 2.50. The average molecular weight is 398 g/mol. The number of allylic oxidation sites excluding steroid dienone is 4. The lowest BCUT2D eigenvalue weighted by molar-refractivity contribution is -0.118.